The first-order valence-corrected chi connectivity index (χ1v) is 3.96. The Kier molecular flexibility index (Phi) is 2.83. The summed E-state index contributed by atoms with van der Waals surface area (Å²) in [6, 6.07) is 0. The first kappa shape index (κ1) is 9.22. The number of hydrogen-bond donors (Lipinski definition) is 2. The van der Waals surface area contributed by atoms with E-state index in [1.54, 1.807) is 12.5 Å². The summed E-state index contributed by atoms with van der Waals surface area (Å²) in [5.41, 5.74) is 3.72. The molecule has 1 aromatic rings. The van der Waals surface area contributed by atoms with Crippen LogP contribution < -0.4 is 5.48 Å². The van der Waals surface area contributed by atoms with Gasteiger partial charge >= 0.3 is 0 Å². The molecule has 0 radical (unpaired) electrons. The average molecular weight is 169 g/mol. The van der Waals surface area contributed by atoms with Crippen LogP contribution in [0, 0.1) is 0 Å². The molecule has 4 heteroatoms. The van der Waals surface area contributed by atoms with Gasteiger partial charge < -0.3 is 4.98 Å². The minimum absolute atomic E-state index is 0.153. The molecule has 1 rings (SSSR count). The molecule has 0 aliphatic carbocycles. The maximum absolute atomic E-state index is 5.30. The topological polar surface area (TPSA) is 49.9 Å². The van der Waals surface area contributed by atoms with E-state index in [2.05, 4.69) is 15.4 Å². The second kappa shape index (κ2) is 3.69. The number of rotatable bonds is 3. The van der Waals surface area contributed by atoms with Gasteiger partial charge in [-0.2, -0.15) is 5.48 Å². The predicted molar refractivity (Wildman–Crippen MR) is 46.3 cm³/mol. The molecule has 0 saturated carbocycles. The average Bonchev–Trinajstić information content (AvgIpc) is 2.36. The lowest BCUT2D eigenvalue weighted by atomic mass is 10.2. The summed E-state index contributed by atoms with van der Waals surface area (Å²) in [5.74, 6) is 0. The van der Waals surface area contributed by atoms with Crippen molar-refractivity contribution in [1.82, 2.24) is 15.4 Å². The van der Waals surface area contributed by atoms with Crippen LogP contribution >= 0.6 is 0 Å². The van der Waals surface area contributed by atoms with Crippen LogP contribution in [0.5, 0.6) is 0 Å². The van der Waals surface area contributed by atoms with E-state index in [0.29, 0.717) is 6.54 Å². The third kappa shape index (κ3) is 3.50. The molecule has 0 aromatic carbocycles. The molecule has 0 aliphatic rings. The first-order chi connectivity index (χ1) is 5.58. The van der Waals surface area contributed by atoms with Gasteiger partial charge in [-0.3, -0.25) is 4.84 Å². The van der Waals surface area contributed by atoms with Crippen molar-refractivity contribution >= 4 is 0 Å². The smallest absolute Gasteiger partial charge is 0.0922 e. The van der Waals surface area contributed by atoms with Crippen LogP contribution in [0.3, 0.4) is 0 Å². The van der Waals surface area contributed by atoms with Crippen LogP contribution in [0.25, 0.3) is 0 Å². The number of imidazole rings is 1. The van der Waals surface area contributed by atoms with Crippen molar-refractivity contribution < 1.29 is 4.84 Å². The Morgan fingerprint density at radius 2 is 2.33 bits per heavy atom. The number of hydroxylamine groups is 1. The van der Waals surface area contributed by atoms with Crippen molar-refractivity contribution in [3.05, 3.63) is 18.2 Å². The summed E-state index contributed by atoms with van der Waals surface area (Å²) in [6.07, 6.45) is 3.41. The summed E-state index contributed by atoms with van der Waals surface area (Å²) in [7, 11) is 0. The fourth-order valence-corrected chi connectivity index (χ4v) is 0.712. The zero-order valence-corrected chi connectivity index (χ0v) is 7.72. The fraction of sp³-hybridized carbons (Fsp3) is 0.625. The molecule has 0 fully saturated rings. The van der Waals surface area contributed by atoms with Gasteiger partial charge in [0, 0.05) is 6.20 Å². The molecule has 12 heavy (non-hydrogen) atoms. The normalized spacial score (nSPS) is 11.9. The molecular formula is C8H15N3O. The Morgan fingerprint density at radius 1 is 1.58 bits per heavy atom. The highest BCUT2D eigenvalue weighted by atomic mass is 16.7. The molecule has 0 atom stereocenters. The molecule has 68 valence electrons. The van der Waals surface area contributed by atoms with Gasteiger partial charge in [0.15, 0.2) is 0 Å². The molecule has 0 unspecified atom stereocenters. The largest absolute Gasteiger partial charge is 0.347 e. The van der Waals surface area contributed by atoms with Gasteiger partial charge in [-0.15, -0.1) is 0 Å². The van der Waals surface area contributed by atoms with Gasteiger partial charge in [-0.1, -0.05) is 0 Å². The van der Waals surface area contributed by atoms with Crippen LogP contribution in [-0.2, 0) is 11.4 Å². The maximum atomic E-state index is 5.30. The Bertz CT molecular complexity index is 213. The van der Waals surface area contributed by atoms with Crippen molar-refractivity contribution in [2.24, 2.45) is 0 Å². The summed E-state index contributed by atoms with van der Waals surface area (Å²) in [6.45, 7) is 6.63. The third-order valence-corrected chi connectivity index (χ3v) is 1.20. The molecule has 1 aromatic heterocycles. The highest BCUT2D eigenvalue weighted by Gasteiger charge is 2.09. The molecule has 0 aliphatic heterocycles. The quantitative estimate of drug-likeness (QED) is 0.669. The molecule has 0 spiro atoms. The summed E-state index contributed by atoms with van der Waals surface area (Å²) < 4.78 is 0. The van der Waals surface area contributed by atoms with E-state index in [-0.39, 0.29) is 5.60 Å². The molecule has 1 heterocycles. The summed E-state index contributed by atoms with van der Waals surface area (Å²) in [5, 5.41) is 0. The zero-order valence-electron chi connectivity index (χ0n) is 7.72. The van der Waals surface area contributed by atoms with E-state index in [9.17, 15) is 0 Å². The van der Waals surface area contributed by atoms with Crippen LogP contribution in [0.2, 0.25) is 0 Å². The van der Waals surface area contributed by atoms with Gasteiger partial charge in [0.05, 0.1) is 24.2 Å². The monoisotopic (exact) mass is 169 g/mol. The summed E-state index contributed by atoms with van der Waals surface area (Å²) in [4.78, 5) is 12.2. The van der Waals surface area contributed by atoms with Crippen LogP contribution in [-0.4, -0.2) is 15.6 Å². The number of aromatic amines is 1. The van der Waals surface area contributed by atoms with Crippen molar-refractivity contribution in [2.45, 2.75) is 32.9 Å². The number of H-pyrrole nitrogens is 1. The van der Waals surface area contributed by atoms with Gasteiger partial charge in [0.1, 0.15) is 0 Å². The van der Waals surface area contributed by atoms with Crippen LogP contribution in [0.4, 0.5) is 0 Å². The van der Waals surface area contributed by atoms with Gasteiger partial charge in [0.2, 0.25) is 0 Å². The van der Waals surface area contributed by atoms with Crippen LogP contribution in [0.15, 0.2) is 12.5 Å². The Hall–Kier alpha value is -0.870. The first-order valence-electron chi connectivity index (χ1n) is 3.96. The zero-order chi connectivity index (χ0) is 9.03. The second-order valence-electron chi connectivity index (χ2n) is 3.61. The highest BCUT2D eigenvalue weighted by molar-refractivity contribution is 4.92. The Balaban J connectivity index is 2.20. The third-order valence-electron chi connectivity index (χ3n) is 1.20. The fourth-order valence-electron chi connectivity index (χ4n) is 0.712. The van der Waals surface area contributed by atoms with Crippen molar-refractivity contribution in [3.63, 3.8) is 0 Å². The lowest BCUT2D eigenvalue weighted by Crippen LogP contribution is -2.28. The van der Waals surface area contributed by atoms with Crippen molar-refractivity contribution in [3.8, 4) is 0 Å². The Labute approximate surface area is 72.3 Å². The molecule has 4 nitrogen and oxygen atoms in total. The molecular weight excluding hydrogens is 154 g/mol. The minimum atomic E-state index is -0.153. The van der Waals surface area contributed by atoms with E-state index in [1.165, 1.54) is 0 Å². The lowest BCUT2D eigenvalue weighted by molar-refractivity contribution is -0.0761. The molecule has 0 amide bonds. The van der Waals surface area contributed by atoms with Gasteiger partial charge in [0.25, 0.3) is 0 Å². The van der Waals surface area contributed by atoms with E-state index in [4.69, 9.17) is 4.84 Å². The standard InChI is InChI=1S/C8H15N3O/c1-8(2,3)12-11-5-7-4-9-6-10-7/h4,6,11H,5H2,1-3H3,(H,9,10). The molecule has 0 saturated heterocycles. The number of nitrogens with zero attached hydrogens (tertiary/aromatic N) is 1. The molecule has 0 bridgehead atoms. The van der Waals surface area contributed by atoms with E-state index < -0.39 is 0 Å². The number of aromatic nitrogens is 2. The lowest BCUT2D eigenvalue weighted by Gasteiger charge is -2.18. The van der Waals surface area contributed by atoms with E-state index in [0.717, 1.165) is 5.69 Å². The van der Waals surface area contributed by atoms with Crippen LogP contribution in [0.1, 0.15) is 26.5 Å². The predicted octanol–water partition coefficient (Wildman–Crippen LogP) is 1.23. The Morgan fingerprint density at radius 3 is 2.83 bits per heavy atom. The second-order valence-corrected chi connectivity index (χ2v) is 3.61. The van der Waals surface area contributed by atoms with Gasteiger partial charge in [-0.25, -0.2) is 4.98 Å². The van der Waals surface area contributed by atoms with E-state index in [1.807, 2.05) is 20.8 Å². The number of hydrogen-bond acceptors (Lipinski definition) is 3. The van der Waals surface area contributed by atoms with Gasteiger partial charge in [-0.05, 0) is 20.8 Å². The van der Waals surface area contributed by atoms with Crippen molar-refractivity contribution in [1.29, 1.82) is 0 Å². The maximum Gasteiger partial charge on any atom is 0.0922 e. The number of nitrogens with one attached hydrogen (secondary N) is 2. The molecule has 2 N–H and O–H groups in total. The SMILES string of the molecule is CC(C)(C)ONCc1cnc[nH]1. The minimum Gasteiger partial charge on any atom is -0.347 e. The highest BCUT2D eigenvalue weighted by Crippen LogP contribution is 2.03. The van der Waals surface area contributed by atoms with Crippen molar-refractivity contribution in [2.75, 3.05) is 0 Å². The summed E-state index contributed by atoms with van der Waals surface area (Å²) >= 11 is 0. The van der Waals surface area contributed by atoms with E-state index >= 15 is 0 Å².